The van der Waals surface area contributed by atoms with Crippen LogP contribution in [-0.4, -0.2) is 29.6 Å². The van der Waals surface area contributed by atoms with Crippen molar-refractivity contribution < 1.29 is 0 Å². The maximum absolute atomic E-state index is 3.78. The van der Waals surface area contributed by atoms with E-state index < -0.39 is 0 Å². The molecule has 0 spiro atoms. The lowest BCUT2D eigenvalue weighted by atomic mass is 9.87. The van der Waals surface area contributed by atoms with E-state index in [0.29, 0.717) is 12.1 Å². The zero-order valence-electron chi connectivity index (χ0n) is 13.1. The fourth-order valence-corrected chi connectivity index (χ4v) is 3.48. The Morgan fingerprint density at radius 2 is 1.90 bits per heavy atom. The van der Waals surface area contributed by atoms with Crippen LogP contribution < -0.4 is 5.32 Å². The summed E-state index contributed by atoms with van der Waals surface area (Å²) in [5.41, 5.74) is 1.69. The predicted molar refractivity (Wildman–Crippen MR) is 90.0 cm³/mol. The fourth-order valence-electron chi connectivity index (χ4n) is 3.22. The molecule has 0 radical (unpaired) electrons. The first-order valence-electron chi connectivity index (χ1n) is 7.77. The molecule has 1 aliphatic rings. The van der Waals surface area contributed by atoms with Gasteiger partial charge >= 0.3 is 0 Å². The second-order valence-electron chi connectivity index (χ2n) is 6.12. The maximum atomic E-state index is 3.78. The molecular formula is C17H27BrN2. The molecule has 2 unspecified atom stereocenters. The van der Waals surface area contributed by atoms with Crippen molar-refractivity contribution in [3.8, 4) is 0 Å². The van der Waals surface area contributed by atoms with Crippen molar-refractivity contribution in [2.75, 3.05) is 13.1 Å². The van der Waals surface area contributed by atoms with Gasteiger partial charge in [0.2, 0.25) is 0 Å². The minimum absolute atomic E-state index is 0.288. The van der Waals surface area contributed by atoms with E-state index in [-0.39, 0.29) is 5.54 Å². The average Bonchev–Trinajstić information content (AvgIpc) is 2.48. The Hall–Kier alpha value is -0.380. The molecule has 3 heteroatoms. The standard InChI is InChI=1S/C17H27BrN2/c1-5-17(6-2)12-20(13(3)11-19-17)14(4)15-7-9-16(18)10-8-15/h7-10,13-14,19H,5-6,11-12H2,1-4H3. The lowest BCUT2D eigenvalue weighted by molar-refractivity contribution is 0.0496. The summed E-state index contributed by atoms with van der Waals surface area (Å²) in [6.07, 6.45) is 2.39. The van der Waals surface area contributed by atoms with Gasteiger partial charge in [0.05, 0.1) is 0 Å². The second kappa shape index (κ2) is 6.59. The van der Waals surface area contributed by atoms with E-state index in [1.807, 2.05) is 0 Å². The van der Waals surface area contributed by atoms with Crippen molar-refractivity contribution in [2.45, 2.75) is 58.2 Å². The molecule has 20 heavy (non-hydrogen) atoms. The summed E-state index contributed by atoms with van der Waals surface area (Å²) in [6.45, 7) is 11.5. The number of nitrogens with zero attached hydrogens (tertiary/aromatic N) is 1. The van der Waals surface area contributed by atoms with E-state index in [2.05, 4.69) is 78.1 Å². The van der Waals surface area contributed by atoms with Crippen LogP contribution in [-0.2, 0) is 0 Å². The van der Waals surface area contributed by atoms with Crippen LogP contribution in [0, 0.1) is 0 Å². The SMILES string of the molecule is CCC1(CC)CN(C(C)c2ccc(Br)cc2)C(C)CN1. The number of nitrogens with one attached hydrogen (secondary N) is 1. The number of hydrogen-bond acceptors (Lipinski definition) is 2. The predicted octanol–water partition coefficient (Wildman–Crippen LogP) is 4.36. The van der Waals surface area contributed by atoms with Crippen LogP contribution in [0.3, 0.4) is 0 Å². The molecular weight excluding hydrogens is 312 g/mol. The average molecular weight is 339 g/mol. The zero-order valence-corrected chi connectivity index (χ0v) is 14.7. The summed E-state index contributed by atoms with van der Waals surface area (Å²) in [7, 11) is 0. The monoisotopic (exact) mass is 338 g/mol. The first kappa shape index (κ1) is 16.0. The van der Waals surface area contributed by atoms with Crippen LogP contribution in [0.25, 0.3) is 0 Å². The van der Waals surface area contributed by atoms with Crippen molar-refractivity contribution >= 4 is 15.9 Å². The quantitative estimate of drug-likeness (QED) is 0.877. The highest BCUT2D eigenvalue weighted by molar-refractivity contribution is 9.10. The number of hydrogen-bond donors (Lipinski definition) is 1. The molecule has 2 atom stereocenters. The van der Waals surface area contributed by atoms with Crippen molar-refractivity contribution in [2.24, 2.45) is 0 Å². The molecule has 0 aromatic heterocycles. The Morgan fingerprint density at radius 1 is 1.30 bits per heavy atom. The van der Waals surface area contributed by atoms with E-state index in [4.69, 9.17) is 0 Å². The first-order chi connectivity index (χ1) is 9.51. The third kappa shape index (κ3) is 3.26. The summed E-state index contributed by atoms with van der Waals surface area (Å²) < 4.78 is 1.15. The van der Waals surface area contributed by atoms with Crippen LogP contribution in [0.5, 0.6) is 0 Å². The van der Waals surface area contributed by atoms with Gasteiger partial charge in [-0.3, -0.25) is 4.90 Å². The molecule has 1 aliphatic heterocycles. The number of halogens is 1. The molecule has 1 saturated heterocycles. The fraction of sp³-hybridized carbons (Fsp3) is 0.647. The minimum Gasteiger partial charge on any atom is -0.308 e. The normalized spacial score (nSPS) is 24.6. The summed E-state index contributed by atoms with van der Waals surface area (Å²) >= 11 is 3.52. The largest absolute Gasteiger partial charge is 0.308 e. The van der Waals surface area contributed by atoms with Gasteiger partial charge in [0.15, 0.2) is 0 Å². The van der Waals surface area contributed by atoms with Crippen molar-refractivity contribution in [1.29, 1.82) is 0 Å². The number of benzene rings is 1. The second-order valence-corrected chi connectivity index (χ2v) is 7.03. The van der Waals surface area contributed by atoms with Gasteiger partial charge in [0.25, 0.3) is 0 Å². The lowest BCUT2D eigenvalue weighted by Crippen LogP contribution is -2.63. The summed E-state index contributed by atoms with van der Waals surface area (Å²) in [5, 5.41) is 3.78. The Balaban J connectivity index is 2.18. The van der Waals surface area contributed by atoms with Crippen LogP contribution in [0.2, 0.25) is 0 Å². The third-order valence-corrected chi connectivity index (χ3v) is 5.56. The molecule has 0 aliphatic carbocycles. The van der Waals surface area contributed by atoms with Crippen LogP contribution in [0.4, 0.5) is 0 Å². The van der Waals surface area contributed by atoms with Crippen molar-refractivity contribution in [3.63, 3.8) is 0 Å². The number of piperazine rings is 1. The van der Waals surface area contributed by atoms with E-state index in [1.54, 1.807) is 0 Å². The van der Waals surface area contributed by atoms with Crippen LogP contribution >= 0.6 is 15.9 Å². The van der Waals surface area contributed by atoms with Crippen molar-refractivity contribution in [3.05, 3.63) is 34.3 Å². The van der Waals surface area contributed by atoms with Crippen LogP contribution in [0.1, 0.15) is 52.1 Å². The van der Waals surface area contributed by atoms with Crippen LogP contribution in [0.15, 0.2) is 28.7 Å². The maximum Gasteiger partial charge on any atom is 0.0324 e. The third-order valence-electron chi connectivity index (χ3n) is 5.03. The van der Waals surface area contributed by atoms with Gasteiger partial charge in [-0.1, -0.05) is 41.9 Å². The Kier molecular flexibility index (Phi) is 5.27. The topological polar surface area (TPSA) is 15.3 Å². The highest BCUT2D eigenvalue weighted by atomic mass is 79.9. The van der Waals surface area contributed by atoms with Gasteiger partial charge in [-0.15, -0.1) is 0 Å². The van der Waals surface area contributed by atoms with E-state index in [9.17, 15) is 0 Å². The molecule has 1 heterocycles. The minimum atomic E-state index is 0.288. The van der Waals surface area contributed by atoms with Gasteiger partial charge in [0.1, 0.15) is 0 Å². The van der Waals surface area contributed by atoms with Gasteiger partial charge in [-0.2, -0.15) is 0 Å². The molecule has 2 nitrogen and oxygen atoms in total. The van der Waals surface area contributed by atoms with E-state index in [1.165, 1.54) is 18.4 Å². The van der Waals surface area contributed by atoms with Gasteiger partial charge in [-0.05, 0) is 44.4 Å². The molecule has 2 rings (SSSR count). The highest BCUT2D eigenvalue weighted by Gasteiger charge is 2.37. The van der Waals surface area contributed by atoms with Gasteiger partial charge in [0, 0.05) is 35.2 Å². The molecule has 1 N–H and O–H groups in total. The molecule has 0 amide bonds. The zero-order chi connectivity index (χ0) is 14.8. The molecule has 112 valence electrons. The molecule has 0 saturated carbocycles. The number of rotatable bonds is 4. The molecule has 1 aromatic carbocycles. The Morgan fingerprint density at radius 3 is 2.45 bits per heavy atom. The van der Waals surface area contributed by atoms with Gasteiger partial charge < -0.3 is 5.32 Å². The Bertz CT molecular complexity index is 425. The van der Waals surface area contributed by atoms with Gasteiger partial charge in [-0.25, -0.2) is 0 Å². The van der Waals surface area contributed by atoms with E-state index in [0.717, 1.165) is 17.6 Å². The molecule has 1 fully saturated rings. The van der Waals surface area contributed by atoms with Crippen molar-refractivity contribution in [1.82, 2.24) is 10.2 Å². The summed E-state index contributed by atoms with van der Waals surface area (Å²) in [4.78, 5) is 2.66. The summed E-state index contributed by atoms with van der Waals surface area (Å²) in [6, 6.07) is 9.82. The van der Waals surface area contributed by atoms with E-state index >= 15 is 0 Å². The first-order valence-corrected chi connectivity index (χ1v) is 8.57. The summed E-state index contributed by atoms with van der Waals surface area (Å²) in [5.74, 6) is 0. The smallest absolute Gasteiger partial charge is 0.0324 e. The molecule has 1 aromatic rings. The lowest BCUT2D eigenvalue weighted by Gasteiger charge is -2.49. The Labute approximate surface area is 132 Å². The molecule has 0 bridgehead atoms. The highest BCUT2D eigenvalue weighted by Crippen LogP contribution is 2.30.